The Hall–Kier alpha value is -1.07. The maximum absolute atomic E-state index is 13.7. The molecule has 0 bridgehead atoms. The molecule has 0 aliphatic carbocycles. The molecule has 2 unspecified atom stereocenters. The van der Waals surface area contributed by atoms with Crippen LogP contribution in [-0.4, -0.2) is 77.7 Å². The normalized spacial score (nSPS) is 26.0. The van der Waals surface area contributed by atoms with E-state index >= 15 is 0 Å². The summed E-state index contributed by atoms with van der Waals surface area (Å²) >= 11 is 0. The van der Waals surface area contributed by atoms with Crippen molar-refractivity contribution in [2.45, 2.75) is 54.3 Å². The van der Waals surface area contributed by atoms with Gasteiger partial charge in [0.05, 0.1) is 13.2 Å². The molecule has 2 N–H and O–H groups in total. The number of hydrogen-bond donors (Lipinski definition) is 2. The number of hydrogen-bond acceptors (Lipinski definition) is 4. The second-order valence-corrected chi connectivity index (χ2v) is 5.46. The van der Waals surface area contributed by atoms with Gasteiger partial charge in [-0.2, -0.15) is 57.1 Å². The lowest BCUT2D eigenvalue weighted by molar-refractivity contribution is -0.450. The van der Waals surface area contributed by atoms with Crippen molar-refractivity contribution >= 4 is 0 Å². The summed E-state index contributed by atoms with van der Waals surface area (Å²) in [6, 6.07) is 0. The molecule has 0 aromatic heterocycles. The average molecular weight is 452 g/mol. The van der Waals surface area contributed by atoms with Crippen LogP contribution in [0.1, 0.15) is 0 Å². The van der Waals surface area contributed by atoms with Gasteiger partial charge in [0.2, 0.25) is 6.29 Å². The van der Waals surface area contributed by atoms with Crippen LogP contribution in [0, 0.1) is 0 Å². The molecule has 0 radical (unpaired) electrons. The predicted octanol–water partition coefficient (Wildman–Crippen LogP) is 2.82. The van der Waals surface area contributed by atoms with Crippen LogP contribution < -0.4 is 0 Å². The third-order valence-electron chi connectivity index (χ3n) is 3.63. The second-order valence-electron chi connectivity index (χ2n) is 5.46. The summed E-state index contributed by atoms with van der Waals surface area (Å²) < 4.78 is 176. The number of alkyl halides is 13. The van der Waals surface area contributed by atoms with Crippen molar-refractivity contribution in [3.05, 3.63) is 0 Å². The van der Waals surface area contributed by atoms with Gasteiger partial charge in [-0.15, -0.1) is 0 Å². The maximum atomic E-state index is 13.7. The van der Waals surface area contributed by atoms with Crippen molar-refractivity contribution in [3.8, 4) is 0 Å². The third-order valence-corrected chi connectivity index (χ3v) is 3.63. The topological polar surface area (TPSA) is 58.9 Å². The highest BCUT2D eigenvalue weighted by molar-refractivity contribution is 5.11. The summed E-state index contributed by atoms with van der Waals surface area (Å²) in [5, 5.41) is 17.4. The maximum Gasteiger partial charge on any atom is 0.460 e. The van der Waals surface area contributed by atoms with Crippen LogP contribution >= 0.6 is 0 Å². The number of aliphatic hydroxyl groups excluding tert-OH is 2. The van der Waals surface area contributed by atoms with Gasteiger partial charge in [0, 0.05) is 0 Å². The van der Waals surface area contributed by atoms with Gasteiger partial charge < -0.3 is 19.7 Å². The number of aliphatic hydroxyl groups is 2. The quantitative estimate of drug-likeness (QED) is 0.584. The summed E-state index contributed by atoms with van der Waals surface area (Å²) in [6.07, 6.45) is -15.5. The molecule has 1 rings (SSSR count). The first-order valence-electron chi connectivity index (χ1n) is 6.72. The van der Waals surface area contributed by atoms with E-state index in [0.717, 1.165) is 0 Å². The van der Waals surface area contributed by atoms with Crippen molar-refractivity contribution < 1.29 is 76.8 Å². The first-order valence-corrected chi connectivity index (χ1v) is 6.72. The van der Waals surface area contributed by atoms with Crippen molar-refractivity contribution in [2.24, 2.45) is 0 Å². The van der Waals surface area contributed by atoms with Crippen LogP contribution in [0.25, 0.3) is 0 Å². The summed E-state index contributed by atoms with van der Waals surface area (Å²) in [4.78, 5) is 0. The zero-order valence-electron chi connectivity index (χ0n) is 12.8. The molecule has 1 aliphatic rings. The molecule has 1 fully saturated rings. The van der Waals surface area contributed by atoms with Crippen molar-refractivity contribution in [3.63, 3.8) is 0 Å². The van der Waals surface area contributed by atoms with Crippen LogP contribution in [0.5, 0.6) is 0 Å². The highest BCUT2D eigenvalue weighted by Crippen LogP contribution is 2.61. The Kier molecular flexibility index (Phi) is 6.26. The minimum Gasteiger partial charge on any atom is -0.394 e. The number of rotatable bonds is 7. The number of ether oxygens (including phenoxy) is 2. The van der Waals surface area contributed by atoms with E-state index in [-0.39, 0.29) is 0 Å². The molecule has 1 heterocycles. The second kappa shape index (κ2) is 7.02. The molecular formula is C11H9F13O4. The van der Waals surface area contributed by atoms with Crippen LogP contribution in [-0.2, 0) is 9.47 Å². The Morgan fingerprint density at radius 3 is 1.14 bits per heavy atom. The molecule has 0 saturated carbocycles. The van der Waals surface area contributed by atoms with Crippen molar-refractivity contribution in [2.75, 3.05) is 13.2 Å². The molecule has 17 heteroatoms. The zero-order valence-corrected chi connectivity index (χ0v) is 12.8. The van der Waals surface area contributed by atoms with E-state index in [1.54, 1.807) is 0 Å². The fraction of sp³-hybridized carbons (Fsp3) is 1.00. The van der Waals surface area contributed by atoms with Gasteiger partial charge in [0.15, 0.2) is 0 Å². The standard InChI is InChI=1S/C11H9F13O4/c12-6(13,5-27-3(1-25)4(2-26)28-5)7(14,15)8(16,17)9(18,19)10(20,21)11(22,23)24/h3-5,25-26H,1-2H2. The molecule has 1 saturated heterocycles. The molecule has 0 spiro atoms. The number of halogens is 13. The zero-order chi connectivity index (χ0) is 22.6. The Labute approximate surface area is 145 Å². The molecule has 2 atom stereocenters. The first-order chi connectivity index (χ1) is 12.2. The fourth-order valence-electron chi connectivity index (χ4n) is 1.95. The van der Waals surface area contributed by atoms with Gasteiger partial charge in [-0.25, -0.2) is 0 Å². The van der Waals surface area contributed by atoms with Crippen molar-refractivity contribution in [1.29, 1.82) is 0 Å². The van der Waals surface area contributed by atoms with E-state index in [9.17, 15) is 57.1 Å². The summed E-state index contributed by atoms with van der Waals surface area (Å²) in [5.41, 5.74) is 0. The highest BCUT2D eigenvalue weighted by Gasteiger charge is 2.91. The summed E-state index contributed by atoms with van der Waals surface area (Å²) in [6.45, 7) is -2.66. The Balaban J connectivity index is 3.38. The van der Waals surface area contributed by atoms with Gasteiger partial charge in [0.25, 0.3) is 0 Å². The lowest BCUT2D eigenvalue weighted by Gasteiger charge is -2.40. The SMILES string of the molecule is OCC1OC(C(F)(F)C(F)(F)C(F)(F)C(F)(F)C(F)(F)C(F)(F)F)OC1CO. The molecule has 4 nitrogen and oxygen atoms in total. The van der Waals surface area contributed by atoms with Gasteiger partial charge >= 0.3 is 35.8 Å². The fourth-order valence-corrected chi connectivity index (χ4v) is 1.95. The molecule has 0 amide bonds. The minimum atomic E-state index is -8.03. The van der Waals surface area contributed by atoms with Crippen LogP contribution in [0.3, 0.4) is 0 Å². The van der Waals surface area contributed by atoms with Crippen LogP contribution in [0.4, 0.5) is 57.1 Å². The van der Waals surface area contributed by atoms with Gasteiger partial charge in [-0.05, 0) is 0 Å². The van der Waals surface area contributed by atoms with E-state index < -0.39 is 67.5 Å². The molecule has 0 aromatic rings. The Bertz CT molecular complexity index is 549. The van der Waals surface area contributed by atoms with E-state index in [1.165, 1.54) is 0 Å². The lowest BCUT2D eigenvalue weighted by Crippen LogP contribution is -2.71. The van der Waals surface area contributed by atoms with Crippen LogP contribution in [0.15, 0.2) is 0 Å². The minimum absolute atomic E-state index is 1.33. The lowest BCUT2D eigenvalue weighted by atomic mass is 9.93. The van der Waals surface area contributed by atoms with Crippen LogP contribution in [0.2, 0.25) is 0 Å². The van der Waals surface area contributed by atoms with E-state index in [0.29, 0.717) is 0 Å². The highest BCUT2D eigenvalue weighted by atomic mass is 19.4. The molecule has 168 valence electrons. The van der Waals surface area contributed by atoms with E-state index in [2.05, 4.69) is 9.47 Å². The molecule has 0 aromatic carbocycles. The van der Waals surface area contributed by atoms with E-state index in [1.807, 2.05) is 0 Å². The van der Waals surface area contributed by atoms with E-state index in [4.69, 9.17) is 10.2 Å². The van der Waals surface area contributed by atoms with Crippen molar-refractivity contribution in [1.82, 2.24) is 0 Å². The first kappa shape index (κ1) is 25.0. The summed E-state index contributed by atoms with van der Waals surface area (Å²) in [5.74, 6) is -38.0. The molecular weight excluding hydrogens is 443 g/mol. The predicted molar refractivity (Wildman–Crippen MR) is 58.5 cm³/mol. The third kappa shape index (κ3) is 3.28. The molecule has 28 heavy (non-hydrogen) atoms. The summed E-state index contributed by atoms with van der Waals surface area (Å²) in [7, 11) is 0. The Morgan fingerprint density at radius 1 is 0.536 bits per heavy atom. The monoisotopic (exact) mass is 452 g/mol. The average Bonchev–Trinajstić information content (AvgIpc) is 2.96. The van der Waals surface area contributed by atoms with Gasteiger partial charge in [-0.3, -0.25) is 0 Å². The smallest absolute Gasteiger partial charge is 0.394 e. The largest absolute Gasteiger partial charge is 0.460 e. The van der Waals surface area contributed by atoms with Gasteiger partial charge in [-0.1, -0.05) is 0 Å². The molecule has 1 aliphatic heterocycles. The van der Waals surface area contributed by atoms with Gasteiger partial charge in [0.1, 0.15) is 12.2 Å². The Morgan fingerprint density at radius 2 is 0.857 bits per heavy atom.